The molecule has 1 heterocycles. The van der Waals surface area contributed by atoms with Crippen molar-refractivity contribution in [3.8, 4) is 0 Å². The van der Waals surface area contributed by atoms with Gasteiger partial charge in [-0.1, -0.05) is 34.6 Å². The molecule has 1 N–H and O–H groups in total. The van der Waals surface area contributed by atoms with E-state index in [0.29, 0.717) is 17.4 Å². The van der Waals surface area contributed by atoms with Crippen molar-refractivity contribution < 1.29 is 4.74 Å². The Morgan fingerprint density at radius 2 is 2.11 bits per heavy atom. The highest BCUT2D eigenvalue weighted by Gasteiger charge is 2.25. The van der Waals surface area contributed by atoms with Crippen LogP contribution in [0.2, 0.25) is 0 Å². The van der Waals surface area contributed by atoms with Crippen molar-refractivity contribution in [2.24, 2.45) is 11.3 Å². The fourth-order valence-corrected chi connectivity index (χ4v) is 2.23. The van der Waals surface area contributed by atoms with Crippen LogP contribution >= 0.6 is 0 Å². The number of hydrogen-bond acceptors (Lipinski definition) is 2. The molecule has 0 bridgehead atoms. The zero-order chi connectivity index (χ0) is 13.6. The summed E-state index contributed by atoms with van der Waals surface area (Å²) in [5.74, 6) is 0.703. The van der Waals surface area contributed by atoms with E-state index in [1.807, 2.05) is 6.26 Å². The van der Waals surface area contributed by atoms with Crippen LogP contribution in [0.3, 0.4) is 0 Å². The molecule has 0 amide bonds. The van der Waals surface area contributed by atoms with Crippen molar-refractivity contribution in [3.05, 3.63) is 11.8 Å². The normalized spacial score (nSPS) is 19.9. The van der Waals surface area contributed by atoms with E-state index in [1.54, 1.807) is 0 Å². The molecular weight excluding hydrogens is 222 g/mol. The third kappa shape index (κ3) is 5.01. The molecule has 106 valence electrons. The summed E-state index contributed by atoms with van der Waals surface area (Å²) in [6, 6.07) is 0.500. The average molecular weight is 253 g/mol. The summed E-state index contributed by atoms with van der Waals surface area (Å²) in [4.78, 5) is 0. The van der Waals surface area contributed by atoms with E-state index in [-0.39, 0.29) is 0 Å². The Bertz CT molecular complexity index is 265. The molecule has 0 aromatic carbocycles. The Morgan fingerprint density at radius 3 is 2.61 bits per heavy atom. The van der Waals surface area contributed by atoms with Gasteiger partial charge in [0.2, 0.25) is 0 Å². The molecule has 0 saturated carbocycles. The zero-order valence-corrected chi connectivity index (χ0v) is 12.9. The van der Waals surface area contributed by atoms with Gasteiger partial charge in [-0.3, -0.25) is 0 Å². The first-order valence-corrected chi connectivity index (χ1v) is 7.49. The Kier molecular flexibility index (Phi) is 6.20. The molecule has 0 aromatic heterocycles. The largest absolute Gasteiger partial charge is 0.501 e. The fourth-order valence-electron chi connectivity index (χ4n) is 2.23. The number of nitrogens with one attached hydrogen (secondary N) is 1. The maximum Gasteiger partial charge on any atom is 0.0876 e. The van der Waals surface area contributed by atoms with E-state index < -0.39 is 0 Å². The van der Waals surface area contributed by atoms with Crippen LogP contribution < -0.4 is 5.32 Å². The Balaban J connectivity index is 2.63. The Labute approximate surface area is 113 Å². The minimum absolute atomic E-state index is 0.377. The number of ether oxygens (including phenoxy) is 1. The van der Waals surface area contributed by atoms with Gasteiger partial charge in [0.15, 0.2) is 0 Å². The minimum atomic E-state index is 0.377. The Hall–Kier alpha value is -0.500. The second-order valence-corrected chi connectivity index (χ2v) is 6.68. The van der Waals surface area contributed by atoms with Crippen LogP contribution in [0, 0.1) is 11.3 Å². The summed E-state index contributed by atoms with van der Waals surface area (Å²) < 4.78 is 5.51. The predicted molar refractivity (Wildman–Crippen MR) is 78.6 cm³/mol. The number of hydrogen-bond donors (Lipinski definition) is 1. The van der Waals surface area contributed by atoms with Gasteiger partial charge in [0.1, 0.15) is 0 Å². The first-order chi connectivity index (χ1) is 8.45. The zero-order valence-electron chi connectivity index (χ0n) is 12.9. The molecule has 0 spiro atoms. The van der Waals surface area contributed by atoms with E-state index in [4.69, 9.17) is 4.74 Å². The lowest BCUT2D eigenvalue weighted by atomic mass is 9.77. The lowest BCUT2D eigenvalue weighted by Crippen LogP contribution is -2.36. The molecule has 1 aliphatic heterocycles. The molecule has 0 radical (unpaired) electrons. The van der Waals surface area contributed by atoms with E-state index in [9.17, 15) is 0 Å². The Morgan fingerprint density at radius 1 is 1.39 bits per heavy atom. The molecule has 2 nitrogen and oxygen atoms in total. The summed E-state index contributed by atoms with van der Waals surface area (Å²) in [5.41, 5.74) is 1.84. The first-order valence-electron chi connectivity index (χ1n) is 7.49. The second-order valence-electron chi connectivity index (χ2n) is 6.68. The maximum atomic E-state index is 5.51. The van der Waals surface area contributed by atoms with Gasteiger partial charge in [-0.05, 0) is 49.1 Å². The highest BCUT2D eigenvalue weighted by atomic mass is 16.5. The van der Waals surface area contributed by atoms with Crippen LogP contribution in [0.25, 0.3) is 0 Å². The van der Waals surface area contributed by atoms with Gasteiger partial charge in [-0.15, -0.1) is 0 Å². The third-order valence-electron chi connectivity index (χ3n) is 4.12. The molecule has 0 saturated heterocycles. The van der Waals surface area contributed by atoms with Gasteiger partial charge >= 0.3 is 0 Å². The van der Waals surface area contributed by atoms with Crippen molar-refractivity contribution in [2.75, 3.05) is 13.2 Å². The molecule has 1 aliphatic rings. The molecular formula is C16H31NO. The van der Waals surface area contributed by atoms with Gasteiger partial charge in [0.25, 0.3) is 0 Å². The SMILES string of the molecule is CCCNC(CC(C)C(C)(C)C)C1=COCCC1. The summed E-state index contributed by atoms with van der Waals surface area (Å²) in [5, 5.41) is 3.69. The lowest BCUT2D eigenvalue weighted by molar-refractivity contribution is 0.203. The standard InChI is InChI=1S/C16H31NO/c1-6-9-17-15(11-13(2)16(3,4)5)14-8-7-10-18-12-14/h12-13,15,17H,6-11H2,1-5H3. The first kappa shape index (κ1) is 15.6. The van der Waals surface area contributed by atoms with E-state index in [0.717, 1.165) is 13.2 Å². The molecule has 2 heteroatoms. The van der Waals surface area contributed by atoms with E-state index >= 15 is 0 Å². The monoisotopic (exact) mass is 253 g/mol. The van der Waals surface area contributed by atoms with E-state index in [1.165, 1.54) is 31.3 Å². The second kappa shape index (κ2) is 7.18. The van der Waals surface area contributed by atoms with Crippen LogP contribution in [-0.4, -0.2) is 19.2 Å². The van der Waals surface area contributed by atoms with Crippen molar-refractivity contribution >= 4 is 0 Å². The molecule has 18 heavy (non-hydrogen) atoms. The van der Waals surface area contributed by atoms with Gasteiger partial charge in [0, 0.05) is 6.04 Å². The van der Waals surface area contributed by atoms with Gasteiger partial charge < -0.3 is 10.1 Å². The van der Waals surface area contributed by atoms with Crippen molar-refractivity contribution in [3.63, 3.8) is 0 Å². The molecule has 2 unspecified atom stereocenters. The molecule has 0 aliphatic carbocycles. The van der Waals surface area contributed by atoms with Crippen molar-refractivity contribution in [1.82, 2.24) is 5.32 Å². The van der Waals surface area contributed by atoms with Crippen LogP contribution in [0.4, 0.5) is 0 Å². The minimum Gasteiger partial charge on any atom is -0.501 e. The van der Waals surface area contributed by atoms with Gasteiger partial charge in [-0.2, -0.15) is 0 Å². The highest BCUT2D eigenvalue weighted by molar-refractivity contribution is 5.10. The van der Waals surface area contributed by atoms with Gasteiger partial charge in [-0.25, -0.2) is 0 Å². The summed E-state index contributed by atoms with van der Waals surface area (Å²) in [6.07, 6.45) is 6.76. The van der Waals surface area contributed by atoms with Crippen LogP contribution in [0.5, 0.6) is 0 Å². The highest BCUT2D eigenvalue weighted by Crippen LogP contribution is 2.31. The maximum absolute atomic E-state index is 5.51. The lowest BCUT2D eigenvalue weighted by Gasteiger charge is -2.33. The van der Waals surface area contributed by atoms with Gasteiger partial charge in [0.05, 0.1) is 12.9 Å². The number of rotatable bonds is 6. The molecule has 2 atom stereocenters. The smallest absolute Gasteiger partial charge is 0.0876 e. The molecule has 0 aromatic rings. The fraction of sp³-hybridized carbons (Fsp3) is 0.875. The molecule has 0 fully saturated rings. The van der Waals surface area contributed by atoms with Crippen molar-refractivity contribution in [1.29, 1.82) is 0 Å². The molecule has 1 rings (SSSR count). The predicted octanol–water partition coefficient (Wildman–Crippen LogP) is 4.12. The van der Waals surface area contributed by atoms with Crippen LogP contribution in [0.15, 0.2) is 11.8 Å². The average Bonchev–Trinajstić information content (AvgIpc) is 2.34. The summed E-state index contributed by atoms with van der Waals surface area (Å²) in [6.45, 7) is 13.6. The topological polar surface area (TPSA) is 21.3 Å². The van der Waals surface area contributed by atoms with Crippen LogP contribution in [0.1, 0.15) is 60.3 Å². The summed E-state index contributed by atoms with van der Waals surface area (Å²) in [7, 11) is 0. The quantitative estimate of drug-likeness (QED) is 0.769. The van der Waals surface area contributed by atoms with Crippen molar-refractivity contribution in [2.45, 2.75) is 66.3 Å². The van der Waals surface area contributed by atoms with Crippen LogP contribution in [-0.2, 0) is 4.74 Å². The third-order valence-corrected chi connectivity index (χ3v) is 4.12. The summed E-state index contributed by atoms with van der Waals surface area (Å²) >= 11 is 0. The van der Waals surface area contributed by atoms with E-state index in [2.05, 4.69) is 39.9 Å².